The van der Waals surface area contributed by atoms with Gasteiger partial charge in [0.05, 0.1) is 18.2 Å². The Labute approximate surface area is 216 Å². The van der Waals surface area contributed by atoms with Gasteiger partial charge in [-0.15, -0.1) is 0 Å². The summed E-state index contributed by atoms with van der Waals surface area (Å²) in [5, 5.41) is 9.38. The molecule has 0 saturated carbocycles. The van der Waals surface area contributed by atoms with Crippen LogP contribution in [0, 0.1) is 11.3 Å². The molecule has 0 aliphatic carbocycles. The van der Waals surface area contributed by atoms with E-state index in [0.717, 1.165) is 53.9 Å². The van der Waals surface area contributed by atoms with E-state index in [1.54, 1.807) is 4.90 Å². The molecule has 3 aromatic rings. The second-order valence-electron chi connectivity index (χ2n) is 8.39. The van der Waals surface area contributed by atoms with Crippen molar-refractivity contribution in [3.8, 4) is 17.2 Å². The van der Waals surface area contributed by atoms with Crippen LogP contribution in [0.15, 0.2) is 95.1 Å². The van der Waals surface area contributed by atoms with Crippen molar-refractivity contribution in [3.63, 3.8) is 0 Å². The third-order valence-corrected chi connectivity index (χ3v) is 5.82. The molecule has 0 spiro atoms. The Bertz CT molecular complexity index is 1200. The zero-order valence-corrected chi connectivity index (χ0v) is 22.2. The molecule has 36 heavy (non-hydrogen) atoms. The summed E-state index contributed by atoms with van der Waals surface area (Å²) < 4.78 is 0. The van der Waals surface area contributed by atoms with E-state index in [9.17, 15) is 10.1 Å². The van der Waals surface area contributed by atoms with E-state index in [2.05, 4.69) is 32.0 Å². The maximum absolute atomic E-state index is 12.0. The molecule has 0 unspecified atom stereocenters. The normalized spacial score (nSPS) is 11.5. The maximum atomic E-state index is 12.0. The van der Waals surface area contributed by atoms with Gasteiger partial charge in [0.25, 0.3) is 0 Å². The lowest BCUT2D eigenvalue weighted by atomic mass is 9.99. The van der Waals surface area contributed by atoms with Crippen molar-refractivity contribution in [2.45, 2.75) is 60.4 Å². The van der Waals surface area contributed by atoms with Crippen molar-refractivity contribution in [2.24, 2.45) is 4.99 Å². The van der Waals surface area contributed by atoms with Gasteiger partial charge in [0.2, 0.25) is 6.41 Å². The maximum Gasteiger partial charge on any atom is 0.215 e. The summed E-state index contributed by atoms with van der Waals surface area (Å²) >= 11 is 0. The third-order valence-electron chi connectivity index (χ3n) is 5.82. The molecule has 1 amide bonds. The van der Waals surface area contributed by atoms with Crippen molar-refractivity contribution < 1.29 is 4.79 Å². The largest absolute Gasteiger partial charge is 0.298 e. The molecule has 4 heteroatoms. The van der Waals surface area contributed by atoms with E-state index in [1.165, 1.54) is 11.1 Å². The minimum absolute atomic E-state index is 0.452. The van der Waals surface area contributed by atoms with Gasteiger partial charge in [-0.05, 0) is 60.6 Å². The minimum Gasteiger partial charge on any atom is -0.298 e. The molecule has 0 aliphatic heterocycles. The van der Waals surface area contributed by atoms with Crippen molar-refractivity contribution in [2.75, 3.05) is 0 Å². The Morgan fingerprint density at radius 3 is 2.17 bits per heavy atom. The Morgan fingerprint density at radius 1 is 0.917 bits per heavy atom. The second-order valence-corrected chi connectivity index (χ2v) is 8.39. The molecule has 3 aromatic carbocycles. The van der Waals surface area contributed by atoms with Crippen LogP contribution in [0.25, 0.3) is 11.1 Å². The number of carbonyl (C=O) groups is 1. The molecule has 0 atom stereocenters. The summed E-state index contributed by atoms with van der Waals surface area (Å²) in [5.41, 5.74) is 6.93. The Balaban J connectivity index is 0.00000222. The van der Waals surface area contributed by atoms with Gasteiger partial charge in [-0.1, -0.05) is 93.6 Å². The first-order valence-corrected chi connectivity index (χ1v) is 12.6. The number of allylic oxidation sites excluding steroid dienone is 2. The highest BCUT2D eigenvalue weighted by molar-refractivity contribution is 5.91. The van der Waals surface area contributed by atoms with Gasteiger partial charge in [0, 0.05) is 12.1 Å². The molecule has 0 radical (unpaired) electrons. The highest BCUT2D eigenvalue weighted by Crippen LogP contribution is 2.24. The quantitative estimate of drug-likeness (QED) is 0.178. The zero-order chi connectivity index (χ0) is 26.3. The molecule has 0 heterocycles. The number of amidine groups is 1. The van der Waals surface area contributed by atoms with Gasteiger partial charge in [0.1, 0.15) is 5.84 Å². The molecular weight excluding hydrogens is 442 g/mol. The van der Waals surface area contributed by atoms with Crippen LogP contribution >= 0.6 is 0 Å². The predicted molar refractivity (Wildman–Crippen MR) is 150 cm³/mol. The monoisotopic (exact) mass is 479 g/mol. The predicted octanol–water partition coefficient (Wildman–Crippen LogP) is 7.95. The van der Waals surface area contributed by atoms with Crippen molar-refractivity contribution >= 4 is 12.2 Å². The fourth-order valence-corrected chi connectivity index (χ4v) is 3.81. The molecule has 0 aliphatic rings. The Kier molecular flexibility index (Phi) is 11.9. The number of nitrogens with zero attached hydrogens (tertiary/aromatic N) is 3. The lowest BCUT2D eigenvalue weighted by Crippen LogP contribution is -2.29. The van der Waals surface area contributed by atoms with Crippen LogP contribution in [0.3, 0.4) is 0 Å². The highest BCUT2D eigenvalue weighted by atomic mass is 16.1. The summed E-state index contributed by atoms with van der Waals surface area (Å²) in [5.74, 6) is 0.779. The van der Waals surface area contributed by atoms with Gasteiger partial charge >= 0.3 is 0 Å². The molecule has 186 valence electrons. The van der Waals surface area contributed by atoms with Gasteiger partial charge in [-0.25, -0.2) is 4.99 Å². The van der Waals surface area contributed by atoms with E-state index < -0.39 is 0 Å². The van der Waals surface area contributed by atoms with Crippen molar-refractivity contribution in [1.29, 1.82) is 5.26 Å². The molecule has 0 N–H and O–H groups in total. The molecule has 0 aromatic heterocycles. The first kappa shape index (κ1) is 28.3. The average molecular weight is 480 g/mol. The van der Waals surface area contributed by atoms with Crippen molar-refractivity contribution in [1.82, 2.24) is 4.90 Å². The van der Waals surface area contributed by atoms with E-state index in [-0.39, 0.29) is 0 Å². The lowest BCUT2D eigenvalue weighted by molar-refractivity contribution is -0.115. The van der Waals surface area contributed by atoms with Gasteiger partial charge in [-0.2, -0.15) is 5.26 Å². The molecule has 0 fully saturated rings. The van der Waals surface area contributed by atoms with Crippen LogP contribution in [0.2, 0.25) is 0 Å². The molecule has 3 rings (SSSR count). The number of hydrogen-bond acceptors (Lipinski definition) is 3. The number of rotatable bonds is 9. The molecular formula is C32H37N3O. The topological polar surface area (TPSA) is 56.5 Å². The second kappa shape index (κ2) is 15.1. The van der Waals surface area contributed by atoms with Crippen LogP contribution in [0.1, 0.15) is 64.2 Å². The van der Waals surface area contributed by atoms with Crippen LogP contribution in [-0.4, -0.2) is 17.1 Å². The van der Waals surface area contributed by atoms with Crippen molar-refractivity contribution in [3.05, 3.63) is 107 Å². The minimum atomic E-state index is 0.452. The van der Waals surface area contributed by atoms with Gasteiger partial charge in [0.15, 0.2) is 0 Å². The Morgan fingerprint density at radius 2 is 1.56 bits per heavy atom. The number of benzene rings is 3. The molecule has 0 bridgehead atoms. The van der Waals surface area contributed by atoms with E-state index in [1.807, 2.05) is 87.5 Å². The van der Waals surface area contributed by atoms with E-state index in [0.29, 0.717) is 12.1 Å². The highest BCUT2D eigenvalue weighted by Gasteiger charge is 2.12. The first-order valence-electron chi connectivity index (χ1n) is 12.6. The standard InChI is InChI=1S/C30H31N3O.C2H6/c1-4-10-30(32-24(3)23(2)19-25-11-6-5-7-12-25)33(22-34)21-26-15-17-27(18-16-26)29-14-9-8-13-28(29)20-31;1-2/h5-9,11-18,22H,4,10,19,21H2,1-3H3;1-2H3/b24-23+,32-30?;. The third kappa shape index (κ3) is 8.06. The fraction of sp³-hybridized carbons (Fsp3) is 0.281. The van der Waals surface area contributed by atoms with Crippen LogP contribution in [0.5, 0.6) is 0 Å². The van der Waals surface area contributed by atoms with E-state index in [4.69, 9.17) is 4.99 Å². The first-order chi connectivity index (χ1) is 17.5. The number of aliphatic imine (C=N–C) groups is 1. The van der Waals surface area contributed by atoms with Crippen LogP contribution in [-0.2, 0) is 17.8 Å². The number of hydrogen-bond donors (Lipinski definition) is 0. The van der Waals surface area contributed by atoms with Crippen LogP contribution < -0.4 is 0 Å². The smallest absolute Gasteiger partial charge is 0.215 e. The van der Waals surface area contributed by atoms with E-state index >= 15 is 0 Å². The van der Waals surface area contributed by atoms with Gasteiger partial charge in [-0.3, -0.25) is 9.69 Å². The Hall–Kier alpha value is -3.97. The fourth-order valence-electron chi connectivity index (χ4n) is 3.81. The number of nitriles is 1. The summed E-state index contributed by atoms with van der Waals surface area (Å²) in [4.78, 5) is 18.6. The summed E-state index contributed by atoms with van der Waals surface area (Å²) in [7, 11) is 0. The lowest BCUT2D eigenvalue weighted by Gasteiger charge is -2.20. The summed E-state index contributed by atoms with van der Waals surface area (Å²) in [6.07, 6.45) is 3.33. The zero-order valence-electron chi connectivity index (χ0n) is 22.2. The summed E-state index contributed by atoms with van der Waals surface area (Å²) in [6, 6.07) is 28.2. The van der Waals surface area contributed by atoms with Gasteiger partial charge < -0.3 is 0 Å². The SMILES string of the molecule is CC.CCCC(=N/C(C)=C(\C)Cc1ccccc1)N(C=O)Cc1ccc(-c2ccccc2C#N)cc1. The summed E-state index contributed by atoms with van der Waals surface area (Å²) in [6.45, 7) is 10.7. The molecule has 4 nitrogen and oxygen atoms in total. The number of carbonyl (C=O) groups excluding carboxylic acids is 1. The molecule has 0 saturated heterocycles. The average Bonchev–Trinajstić information content (AvgIpc) is 2.93. The number of amides is 1. The van der Waals surface area contributed by atoms with Crippen LogP contribution in [0.4, 0.5) is 0 Å².